The molecule has 1 atom stereocenters. The molecule has 0 radical (unpaired) electrons. The Kier molecular flexibility index (Phi) is 4.42. The van der Waals surface area contributed by atoms with E-state index in [-0.39, 0.29) is 18.7 Å². The molecule has 1 aromatic rings. The molecule has 0 bridgehead atoms. The van der Waals surface area contributed by atoms with Crippen LogP contribution in [0, 0.1) is 0 Å². The number of nitrogens with one attached hydrogen (secondary N) is 1. The molecule has 0 saturated carbocycles. The Labute approximate surface area is 122 Å². The molecule has 1 unspecified atom stereocenters. The van der Waals surface area contributed by atoms with Gasteiger partial charge in [0.05, 0.1) is 19.1 Å². The number of carboxylic acid groups (broad SMARTS) is 1. The summed E-state index contributed by atoms with van der Waals surface area (Å²) < 4.78 is 5.27. The van der Waals surface area contributed by atoms with Crippen molar-refractivity contribution in [2.75, 3.05) is 19.7 Å². The SMILES string of the molecule is CC(NC(=O)N1CC(C)(OCC(=O)O)C1)c1ccncc1. The van der Waals surface area contributed by atoms with Gasteiger partial charge in [-0.1, -0.05) is 0 Å². The number of rotatable bonds is 5. The van der Waals surface area contributed by atoms with Crippen molar-refractivity contribution < 1.29 is 19.4 Å². The van der Waals surface area contributed by atoms with Crippen LogP contribution in [0.3, 0.4) is 0 Å². The van der Waals surface area contributed by atoms with E-state index in [1.807, 2.05) is 19.1 Å². The van der Waals surface area contributed by atoms with Crippen LogP contribution in [-0.2, 0) is 9.53 Å². The van der Waals surface area contributed by atoms with Crippen molar-refractivity contribution in [3.05, 3.63) is 30.1 Å². The van der Waals surface area contributed by atoms with Gasteiger partial charge in [-0.3, -0.25) is 4.98 Å². The minimum absolute atomic E-state index is 0.118. The standard InChI is InChI=1S/C14H19N3O4/c1-10(11-3-5-15-6-4-11)16-13(20)17-8-14(2,9-17)21-7-12(18)19/h3-6,10H,7-9H2,1-2H3,(H,16,20)(H,18,19). The van der Waals surface area contributed by atoms with Crippen molar-refractivity contribution in [3.8, 4) is 0 Å². The number of aromatic nitrogens is 1. The van der Waals surface area contributed by atoms with Gasteiger partial charge >= 0.3 is 12.0 Å². The van der Waals surface area contributed by atoms with Crippen LogP contribution in [0.25, 0.3) is 0 Å². The maximum absolute atomic E-state index is 12.1. The van der Waals surface area contributed by atoms with E-state index >= 15 is 0 Å². The average molecular weight is 293 g/mol. The summed E-state index contributed by atoms with van der Waals surface area (Å²) in [5.41, 5.74) is 0.402. The zero-order valence-corrected chi connectivity index (χ0v) is 12.1. The fraction of sp³-hybridized carbons (Fsp3) is 0.500. The van der Waals surface area contributed by atoms with E-state index in [1.165, 1.54) is 0 Å². The molecule has 1 saturated heterocycles. The number of urea groups is 1. The van der Waals surface area contributed by atoms with Gasteiger partial charge in [-0.2, -0.15) is 0 Å². The van der Waals surface area contributed by atoms with E-state index < -0.39 is 11.6 Å². The van der Waals surface area contributed by atoms with Crippen LogP contribution >= 0.6 is 0 Å². The van der Waals surface area contributed by atoms with Gasteiger partial charge in [0.25, 0.3) is 0 Å². The Hall–Kier alpha value is -2.15. The largest absolute Gasteiger partial charge is 0.480 e. The maximum Gasteiger partial charge on any atom is 0.329 e. The molecule has 114 valence electrons. The highest BCUT2D eigenvalue weighted by atomic mass is 16.5. The maximum atomic E-state index is 12.1. The summed E-state index contributed by atoms with van der Waals surface area (Å²) in [5, 5.41) is 11.5. The Balaban J connectivity index is 1.80. The van der Waals surface area contributed by atoms with Gasteiger partial charge in [0.2, 0.25) is 0 Å². The number of carboxylic acids is 1. The van der Waals surface area contributed by atoms with E-state index in [4.69, 9.17) is 9.84 Å². The first kappa shape index (κ1) is 15.2. The number of carbonyl (C=O) groups is 2. The molecule has 1 aromatic heterocycles. The number of ether oxygens (including phenoxy) is 1. The van der Waals surface area contributed by atoms with Gasteiger partial charge in [-0.05, 0) is 31.5 Å². The Morgan fingerprint density at radius 1 is 1.48 bits per heavy atom. The third-order valence-corrected chi connectivity index (χ3v) is 3.43. The molecule has 2 heterocycles. The number of nitrogens with zero attached hydrogens (tertiary/aromatic N) is 2. The molecule has 1 aliphatic heterocycles. The first-order valence-electron chi connectivity index (χ1n) is 6.71. The second-order valence-corrected chi connectivity index (χ2v) is 5.44. The van der Waals surface area contributed by atoms with Crippen molar-refractivity contribution in [2.24, 2.45) is 0 Å². The summed E-state index contributed by atoms with van der Waals surface area (Å²) >= 11 is 0. The average Bonchev–Trinajstić information content (AvgIpc) is 2.43. The molecule has 1 aliphatic rings. The Morgan fingerprint density at radius 2 is 2.10 bits per heavy atom. The molecule has 0 aromatic carbocycles. The monoisotopic (exact) mass is 293 g/mol. The van der Waals surface area contributed by atoms with Crippen LogP contribution in [-0.4, -0.2) is 52.3 Å². The van der Waals surface area contributed by atoms with Crippen molar-refractivity contribution >= 4 is 12.0 Å². The van der Waals surface area contributed by atoms with Gasteiger partial charge in [0.15, 0.2) is 0 Å². The van der Waals surface area contributed by atoms with Crippen LogP contribution in [0.1, 0.15) is 25.5 Å². The van der Waals surface area contributed by atoms with Crippen LogP contribution in [0.15, 0.2) is 24.5 Å². The van der Waals surface area contributed by atoms with Crippen molar-refractivity contribution in [2.45, 2.75) is 25.5 Å². The van der Waals surface area contributed by atoms with Crippen LogP contribution in [0.5, 0.6) is 0 Å². The molecule has 2 amide bonds. The summed E-state index contributed by atoms with van der Waals surface area (Å²) in [6.45, 7) is 4.11. The summed E-state index contributed by atoms with van der Waals surface area (Å²) in [7, 11) is 0. The highest BCUT2D eigenvalue weighted by Gasteiger charge is 2.43. The summed E-state index contributed by atoms with van der Waals surface area (Å²) in [4.78, 5) is 28.1. The highest BCUT2D eigenvalue weighted by Crippen LogP contribution is 2.25. The molecule has 2 N–H and O–H groups in total. The molecule has 21 heavy (non-hydrogen) atoms. The molecular weight excluding hydrogens is 274 g/mol. The number of pyridine rings is 1. The molecule has 1 fully saturated rings. The lowest BCUT2D eigenvalue weighted by Gasteiger charge is -2.47. The summed E-state index contributed by atoms with van der Waals surface area (Å²) in [6.07, 6.45) is 3.36. The molecular formula is C14H19N3O4. The summed E-state index contributed by atoms with van der Waals surface area (Å²) in [6, 6.07) is 3.39. The lowest BCUT2D eigenvalue weighted by molar-refractivity contribution is -0.159. The molecule has 7 nitrogen and oxygen atoms in total. The predicted molar refractivity (Wildman–Crippen MR) is 74.7 cm³/mol. The minimum atomic E-state index is -1.01. The van der Waals surface area contributed by atoms with Crippen LogP contribution < -0.4 is 5.32 Å². The number of aliphatic carboxylic acids is 1. The number of amides is 2. The zero-order chi connectivity index (χ0) is 15.5. The second kappa shape index (κ2) is 6.09. The van der Waals surface area contributed by atoms with Gasteiger partial charge in [-0.15, -0.1) is 0 Å². The Morgan fingerprint density at radius 3 is 2.67 bits per heavy atom. The van der Waals surface area contributed by atoms with Gasteiger partial charge in [0.1, 0.15) is 12.2 Å². The molecule has 0 spiro atoms. The fourth-order valence-electron chi connectivity index (χ4n) is 2.24. The third kappa shape index (κ3) is 3.91. The van der Waals surface area contributed by atoms with Crippen molar-refractivity contribution in [3.63, 3.8) is 0 Å². The lowest BCUT2D eigenvalue weighted by atomic mass is 9.97. The van der Waals surface area contributed by atoms with E-state index in [0.29, 0.717) is 13.1 Å². The van der Waals surface area contributed by atoms with Crippen molar-refractivity contribution in [1.29, 1.82) is 0 Å². The van der Waals surface area contributed by atoms with Gasteiger partial charge in [0, 0.05) is 12.4 Å². The van der Waals surface area contributed by atoms with E-state index in [9.17, 15) is 9.59 Å². The third-order valence-electron chi connectivity index (χ3n) is 3.43. The van der Waals surface area contributed by atoms with E-state index in [0.717, 1.165) is 5.56 Å². The molecule has 0 aliphatic carbocycles. The lowest BCUT2D eigenvalue weighted by Crippen LogP contribution is -2.65. The Bertz CT molecular complexity index is 514. The first-order valence-corrected chi connectivity index (χ1v) is 6.71. The predicted octanol–water partition coefficient (Wildman–Crippen LogP) is 1.03. The molecule has 7 heteroatoms. The number of carbonyl (C=O) groups excluding carboxylic acids is 1. The van der Waals surface area contributed by atoms with Crippen LogP contribution in [0.4, 0.5) is 4.79 Å². The normalized spacial score (nSPS) is 17.7. The minimum Gasteiger partial charge on any atom is -0.480 e. The van der Waals surface area contributed by atoms with Crippen LogP contribution in [0.2, 0.25) is 0 Å². The first-order chi connectivity index (χ1) is 9.89. The number of hydrogen-bond donors (Lipinski definition) is 2. The number of likely N-dealkylation sites (tertiary alicyclic amines) is 1. The van der Waals surface area contributed by atoms with Gasteiger partial charge in [-0.25, -0.2) is 9.59 Å². The van der Waals surface area contributed by atoms with E-state index in [1.54, 1.807) is 24.2 Å². The second-order valence-electron chi connectivity index (χ2n) is 5.44. The zero-order valence-electron chi connectivity index (χ0n) is 12.1. The smallest absolute Gasteiger partial charge is 0.329 e. The molecule has 2 rings (SSSR count). The van der Waals surface area contributed by atoms with Gasteiger partial charge < -0.3 is 20.1 Å². The van der Waals surface area contributed by atoms with Crippen molar-refractivity contribution in [1.82, 2.24) is 15.2 Å². The van der Waals surface area contributed by atoms with E-state index in [2.05, 4.69) is 10.3 Å². The number of hydrogen-bond acceptors (Lipinski definition) is 4. The fourth-order valence-corrected chi connectivity index (χ4v) is 2.24. The highest BCUT2D eigenvalue weighted by molar-refractivity contribution is 5.76. The topological polar surface area (TPSA) is 91.8 Å². The quantitative estimate of drug-likeness (QED) is 0.846. The summed E-state index contributed by atoms with van der Waals surface area (Å²) in [5.74, 6) is -1.01.